The third-order valence-corrected chi connectivity index (χ3v) is 4.82. The fourth-order valence-corrected chi connectivity index (χ4v) is 3.55. The van der Waals surface area contributed by atoms with E-state index in [1.807, 2.05) is 4.90 Å². The van der Waals surface area contributed by atoms with Crippen LogP contribution in [0.25, 0.3) is 0 Å². The molecule has 120 valence electrons. The quantitative estimate of drug-likeness (QED) is 0.910. The van der Waals surface area contributed by atoms with Gasteiger partial charge in [0.05, 0.1) is 12.7 Å². The molecule has 1 aromatic rings. The predicted octanol–water partition coefficient (Wildman–Crippen LogP) is 2.14. The number of benzene rings is 1. The van der Waals surface area contributed by atoms with Crippen molar-refractivity contribution >= 4 is 5.91 Å². The summed E-state index contributed by atoms with van der Waals surface area (Å²) in [5.74, 6) is -0.407. The topological polar surface area (TPSA) is 49.8 Å². The van der Waals surface area contributed by atoms with Crippen LogP contribution in [0.5, 0.6) is 0 Å². The van der Waals surface area contributed by atoms with Crippen LogP contribution < -0.4 is 0 Å². The Morgan fingerprint density at radius 2 is 2.23 bits per heavy atom. The molecule has 4 nitrogen and oxygen atoms in total. The summed E-state index contributed by atoms with van der Waals surface area (Å²) >= 11 is 0. The average Bonchev–Trinajstić information content (AvgIpc) is 2.99. The zero-order valence-electron chi connectivity index (χ0n) is 12.8. The van der Waals surface area contributed by atoms with E-state index in [0.29, 0.717) is 37.3 Å². The van der Waals surface area contributed by atoms with Crippen molar-refractivity contribution in [1.82, 2.24) is 4.90 Å². The van der Waals surface area contributed by atoms with Crippen LogP contribution in [-0.2, 0) is 4.74 Å². The number of carbonyl (C=O) groups is 1. The molecule has 2 aliphatic heterocycles. The van der Waals surface area contributed by atoms with Crippen LogP contribution in [0.2, 0.25) is 0 Å². The maximum absolute atomic E-state index is 13.4. The number of amides is 1. The van der Waals surface area contributed by atoms with Gasteiger partial charge in [0.15, 0.2) is 0 Å². The second-order valence-electron chi connectivity index (χ2n) is 6.27. The second kappa shape index (κ2) is 6.34. The molecule has 0 saturated carbocycles. The molecule has 3 rings (SSSR count). The molecule has 2 heterocycles. The van der Waals surface area contributed by atoms with Crippen LogP contribution in [0.1, 0.15) is 35.2 Å². The van der Waals surface area contributed by atoms with Crippen molar-refractivity contribution in [3.63, 3.8) is 0 Å². The van der Waals surface area contributed by atoms with E-state index in [4.69, 9.17) is 4.74 Å². The van der Waals surface area contributed by atoms with E-state index < -0.39 is 6.10 Å². The minimum absolute atomic E-state index is 0.00755. The monoisotopic (exact) mass is 307 g/mol. The number of aliphatic hydroxyl groups excluding tert-OH is 1. The first-order valence-corrected chi connectivity index (χ1v) is 7.91. The number of likely N-dealkylation sites (tertiary alicyclic amines) is 1. The zero-order valence-corrected chi connectivity index (χ0v) is 12.8. The van der Waals surface area contributed by atoms with E-state index >= 15 is 0 Å². The van der Waals surface area contributed by atoms with Crippen LogP contribution in [0, 0.1) is 18.7 Å². The normalized spacial score (nSPS) is 28.9. The first-order valence-electron chi connectivity index (χ1n) is 7.91. The third kappa shape index (κ3) is 2.88. The fraction of sp³-hybridized carbons (Fsp3) is 0.588. The van der Waals surface area contributed by atoms with Crippen LogP contribution in [0.15, 0.2) is 18.2 Å². The molecular formula is C17H22FNO3. The average molecular weight is 307 g/mol. The van der Waals surface area contributed by atoms with E-state index in [1.54, 1.807) is 13.0 Å². The molecule has 1 aromatic carbocycles. The summed E-state index contributed by atoms with van der Waals surface area (Å²) in [4.78, 5) is 14.6. The van der Waals surface area contributed by atoms with Gasteiger partial charge >= 0.3 is 0 Å². The molecule has 1 amide bonds. The molecule has 0 aromatic heterocycles. The Labute approximate surface area is 129 Å². The molecule has 1 N–H and O–H groups in total. The minimum Gasteiger partial charge on any atom is -0.393 e. The summed E-state index contributed by atoms with van der Waals surface area (Å²) in [5, 5.41) is 10.2. The first kappa shape index (κ1) is 15.4. The summed E-state index contributed by atoms with van der Waals surface area (Å²) < 4.78 is 18.9. The highest BCUT2D eigenvalue weighted by atomic mass is 19.1. The van der Waals surface area contributed by atoms with Crippen molar-refractivity contribution in [3.05, 3.63) is 35.1 Å². The van der Waals surface area contributed by atoms with Gasteiger partial charge in [0, 0.05) is 30.7 Å². The van der Waals surface area contributed by atoms with Crippen LogP contribution in [-0.4, -0.2) is 47.8 Å². The molecule has 2 aliphatic rings. The molecule has 3 atom stereocenters. The Hall–Kier alpha value is -1.46. The van der Waals surface area contributed by atoms with Gasteiger partial charge in [-0.25, -0.2) is 4.39 Å². The van der Waals surface area contributed by atoms with Crippen LogP contribution >= 0.6 is 0 Å². The number of halogens is 1. The van der Waals surface area contributed by atoms with Gasteiger partial charge in [-0.15, -0.1) is 0 Å². The standard InChI is InChI=1S/C17H22FNO3/c1-11-9-12(4-5-14(11)18)17(21)19-7-2-3-15(19)13-10-22-8-6-16(13)20/h4-5,9,13,15-16,20H,2-3,6-8,10H2,1H3/t13-,15+,16-/m0/s1. The fourth-order valence-electron chi connectivity index (χ4n) is 3.55. The molecule has 0 unspecified atom stereocenters. The van der Waals surface area contributed by atoms with Gasteiger partial charge in [0.1, 0.15) is 5.82 Å². The van der Waals surface area contributed by atoms with Crippen molar-refractivity contribution in [2.24, 2.45) is 5.92 Å². The van der Waals surface area contributed by atoms with Gasteiger partial charge in [-0.2, -0.15) is 0 Å². The number of hydrogen-bond donors (Lipinski definition) is 1. The number of hydrogen-bond acceptors (Lipinski definition) is 3. The van der Waals surface area contributed by atoms with Gasteiger partial charge in [0.2, 0.25) is 0 Å². The van der Waals surface area contributed by atoms with Gasteiger partial charge in [0.25, 0.3) is 5.91 Å². The van der Waals surface area contributed by atoms with Gasteiger partial charge in [-0.1, -0.05) is 0 Å². The Morgan fingerprint density at radius 1 is 1.41 bits per heavy atom. The molecule has 5 heteroatoms. The molecule has 0 aliphatic carbocycles. The molecule has 0 bridgehead atoms. The van der Waals surface area contributed by atoms with E-state index in [0.717, 1.165) is 12.8 Å². The molecule has 0 spiro atoms. The van der Waals surface area contributed by atoms with Crippen molar-refractivity contribution in [2.45, 2.75) is 38.3 Å². The molecular weight excluding hydrogens is 285 g/mol. The highest BCUT2D eigenvalue weighted by Gasteiger charge is 2.39. The second-order valence-corrected chi connectivity index (χ2v) is 6.27. The number of nitrogens with zero attached hydrogens (tertiary/aromatic N) is 1. The van der Waals surface area contributed by atoms with Crippen molar-refractivity contribution < 1.29 is 19.0 Å². The number of carbonyl (C=O) groups excluding carboxylic acids is 1. The maximum atomic E-state index is 13.4. The SMILES string of the molecule is Cc1cc(C(=O)N2CCC[C@@H]2[C@@H]2COCC[C@@H]2O)ccc1F. The summed E-state index contributed by atoms with van der Waals surface area (Å²) in [7, 11) is 0. The van der Waals surface area contributed by atoms with Crippen molar-refractivity contribution in [2.75, 3.05) is 19.8 Å². The smallest absolute Gasteiger partial charge is 0.254 e. The highest BCUT2D eigenvalue weighted by molar-refractivity contribution is 5.94. The lowest BCUT2D eigenvalue weighted by Crippen LogP contribution is -2.48. The summed E-state index contributed by atoms with van der Waals surface area (Å²) in [5.41, 5.74) is 0.986. The van der Waals surface area contributed by atoms with Gasteiger partial charge in [-0.05, 0) is 49.9 Å². The van der Waals surface area contributed by atoms with Crippen molar-refractivity contribution in [1.29, 1.82) is 0 Å². The first-order chi connectivity index (χ1) is 10.6. The largest absolute Gasteiger partial charge is 0.393 e. The third-order valence-electron chi connectivity index (χ3n) is 4.82. The van der Waals surface area contributed by atoms with Gasteiger partial charge in [-0.3, -0.25) is 4.79 Å². The number of aliphatic hydroxyl groups is 1. The Bertz CT molecular complexity index is 563. The highest BCUT2D eigenvalue weighted by Crippen LogP contribution is 2.31. The Morgan fingerprint density at radius 3 is 2.95 bits per heavy atom. The molecule has 22 heavy (non-hydrogen) atoms. The molecule has 2 saturated heterocycles. The summed E-state index contributed by atoms with van der Waals surface area (Å²) in [6, 6.07) is 4.48. The van der Waals surface area contributed by atoms with E-state index in [-0.39, 0.29) is 23.7 Å². The number of ether oxygens (including phenoxy) is 1. The lowest BCUT2D eigenvalue weighted by atomic mass is 9.89. The lowest BCUT2D eigenvalue weighted by Gasteiger charge is -2.37. The summed E-state index contributed by atoms with van der Waals surface area (Å²) in [6.45, 7) is 3.42. The van der Waals surface area contributed by atoms with Crippen LogP contribution in [0.4, 0.5) is 4.39 Å². The van der Waals surface area contributed by atoms with Crippen LogP contribution in [0.3, 0.4) is 0 Å². The van der Waals surface area contributed by atoms with E-state index in [1.165, 1.54) is 12.1 Å². The maximum Gasteiger partial charge on any atom is 0.254 e. The minimum atomic E-state index is -0.415. The zero-order chi connectivity index (χ0) is 15.7. The number of aryl methyl sites for hydroxylation is 1. The van der Waals surface area contributed by atoms with Gasteiger partial charge < -0.3 is 14.7 Å². The van der Waals surface area contributed by atoms with E-state index in [9.17, 15) is 14.3 Å². The summed E-state index contributed by atoms with van der Waals surface area (Å²) in [6.07, 6.45) is 2.03. The predicted molar refractivity (Wildman–Crippen MR) is 80.1 cm³/mol. The van der Waals surface area contributed by atoms with Crippen molar-refractivity contribution in [3.8, 4) is 0 Å². The molecule has 0 radical (unpaired) electrons. The lowest BCUT2D eigenvalue weighted by molar-refractivity contribution is -0.0589. The number of rotatable bonds is 2. The molecule has 2 fully saturated rings. The van der Waals surface area contributed by atoms with E-state index in [2.05, 4.69) is 0 Å². The Kier molecular flexibility index (Phi) is 4.45. The Balaban J connectivity index is 1.79.